The maximum atomic E-state index is 8.53. The Labute approximate surface area is 102 Å². The molecule has 16 heavy (non-hydrogen) atoms. The molecule has 0 heterocycles. The molecule has 0 radical (unpaired) electrons. The Bertz CT molecular complexity index is 186. The van der Waals surface area contributed by atoms with Crippen LogP contribution in [0.25, 0.3) is 0 Å². The van der Waals surface area contributed by atoms with Crippen molar-refractivity contribution in [3.63, 3.8) is 0 Å². The van der Waals surface area contributed by atoms with Gasteiger partial charge in [-0.15, -0.1) is 0 Å². The van der Waals surface area contributed by atoms with Crippen LogP contribution in [0.5, 0.6) is 0 Å². The molecule has 0 saturated heterocycles. The lowest BCUT2D eigenvalue weighted by molar-refractivity contribution is 0.204. The van der Waals surface area contributed by atoms with Crippen molar-refractivity contribution in [3.8, 4) is 6.07 Å². The number of unbranched alkanes of at least 4 members (excludes halogenated alkanes) is 4. The fourth-order valence-electron chi connectivity index (χ4n) is 2.54. The zero-order valence-electron chi connectivity index (χ0n) is 11.5. The quantitative estimate of drug-likeness (QED) is 0.451. The van der Waals surface area contributed by atoms with Crippen LogP contribution in [-0.2, 0) is 0 Å². The first kappa shape index (κ1) is 15.5. The van der Waals surface area contributed by atoms with Crippen LogP contribution in [0.2, 0.25) is 0 Å². The van der Waals surface area contributed by atoms with E-state index < -0.39 is 0 Å². The second-order valence-corrected chi connectivity index (χ2v) is 5.03. The highest BCUT2D eigenvalue weighted by Crippen LogP contribution is 2.38. The summed E-state index contributed by atoms with van der Waals surface area (Å²) in [5, 5.41) is 8.53. The van der Waals surface area contributed by atoms with Gasteiger partial charge in [0.1, 0.15) is 0 Å². The highest BCUT2D eigenvalue weighted by atomic mass is 14.3. The summed E-state index contributed by atoms with van der Waals surface area (Å²) in [6, 6.07) is 2.24. The molecule has 0 rings (SSSR count). The maximum absolute atomic E-state index is 8.53. The largest absolute Gasteiger partial charge is 0.198 e. The average molecular weight is 223 g/mol. The predicted molar refractivity (Wildman–Crippen MR) is 71.2 cm³/mol. The Balaban J connectivity index is 3.95. The highest BCUT2D eigenvalue weighted by molar-refractivity contribution is 4.78. The number of hydrogen-bond donors (Lipinski definition) is 0. The molecule has 0 amide bonds. The molecular weight excluding hydrogens is 194 g/mol. The van der Waals surface area contributed by atoms with Gasteiger partial charge >= 0.3 is 0 Å². The van der Waals surface area contributed by atoms with Crippen LogP contribution in [0.1, 0.15) is 85.0 Å². The summed E-state index contributed by atoms with van der Waals surface area (Å²) < 4.78 is 0. The van der Waals surface area contributed by atoms with Crippen molar-refractivity contribution in [1.29, 1.82) is 5.26 Å². The molecule has 0 N–H and O–H groups in total. The van der Waals surface area contributed by atoms with Crippen molar-refractivity contribution < 1.29 is 0 Å². The van der Waals surface area contributed by atoms with E-state index in [-0.39, 0.29) is 0 Å². The Morgan fingerprint density at radius 1 is 0.875 bits per heavy atom. The summed E-state index contributed by atoms with van der Waals surface area (Å²) in [5.74, 6) is 0. The van der Waals surface area contributed by atoms with E-state index in [1.807, 2.05) is 0 Å². The van der Waals surface area contributed by atoms with Crippen LogP contribution in [0.3, 0.4) is 0 Å². The summed E-state index contributed by atoms with van der Waals surface area (Å²) in [6.07, 6.45) is 12.5. The normalized spacial score (nSPS) is 11.4. The fraction of sp³-hybridized carbons (Fsp3) is 0.933. The molecule has 0 aliphatic heterocycles. The first-order valence-corrected chi connectivity index (χ1v) is 7.11. The van der Waals surface area contributed by atoms with Crippen molar-refractivity contribution in [2.24, 2.45) is 5.41 Å². The first-order chi connectivity index (χ1) is 7.74. The monoisotopic (exact) mass is 223 g/mol. The van der Waals surface area contributed by atoms with Crippen LogP contribution in [0.15, 0.2) is 0 Å². The van der Waals surface area contributed by atoms with E-state index in [9.17, 15) is 0 Å². The zero-order chi connectivity index (χ0) is 12.3. The molecule has 0 aliphatic carbocycles. The van der Waals surface area contributed by atoms with Gasteiger partial charge in [0, 0.05) is 6.42 Å². The van der Waals surface area contributed by atoms with Gasteiger partial charge in [0.15, 0.2) is 0 Å². The van der Waals surface area contributed by atoms with Crippen molar-refractivity contribution in [3.05, 3.63) is 0 Å². The SMILES string of the molecule is CCCCCC(CC)(CC)CCCCC#N. The van der Waals surface area contributed by atoms with Gasteiger partial charge in [-0.2, -0.15) is 5.26 Å². The standard InChI is InChI=1S/C15H29N/c1-4-7-9-12-15(5-2,6-3)13-10-8-11-14-16/h4-13H2,1-3H3. The summed E-state index contributed by atoms with van der Waals surface area (Å²) in [5.41, 5.74) is 0.574. The van der Waals surface area contributed by atoms with Crippen LogP contribution in [-0.4, -0.2) is 0 Å². The first-order valence-electron chi connectivity index (χ1n) is 7.11. The maximum Gasteiger partial charge on any atom is 0.0621 e. The Morgan fingerprint density at radius 3 is 1.88 bits per heavy atom. The minimum absolute atomic E-state index is 0.574. The van der Waals surface area contributed by atoms with Crippen LogP contribution in [0, 0.1) is 16.7 Å². The Morgan fingerprint density at radius 2 is 1.44 bits per heavy atom. The number of nitriles is 1. The van der Waals surface area contributed by atoms with Crippen molar-refractivity contribution in [1.82, 2.24) is 0 Å². The van der Waals surface area contributed by atoms with E-state index in [1.54, 1.807) is 0 Å². The lowest BCUT2D eigenvalue weighted by Crippen LogP contribution is -2.18. The smallest absolute Gasteiger partial charge is 0.0621 e. The molecule has 94 valence electrons. The molecule has 0 aromatic heterocycles. The lowest BCUT2D eigenvalue weighted by Gasteiger charge is -2.32. The minimum atomic E-state index is 0.574. The van der Waals surface area contributed by atoms with Crippen LogP contribution in [0.4, 0.5) is 0 Å². The topological polar surface area (TPSA) is 23.8 Å². The molecular formula is C15H29N. The summed E-state index contributed by atoms with van der Waals surface area (Å²) in [6.45, 7) is 6.94. The third-order valence-corrected chi connectivity index (χ3v) is 4.06. The average Bonchev–Trinajstić information content (AvgIpc) is 2.33. The van der Waals surface area contributed by atoms with E-state index in [0.717, 1.165) is 12.8 Å². The van der Waals surface area contributed by atoms with E-state index in [1.165, 1.54) is 51.4 Å². The van der Waals surface area contributed by atoms with Gasteiger partial charge in [-0.05, 0) is 24.7 Å². The molecule has 0 atom stereocenters. The van der Waals surface area contributed by atoms with Crippen molar-refractivity contribution >= 4 is 0 Å². The molecule has 0 saturated carbocycles. The Kier molecular flexibility index (Phi) is 9.39. The highest BCUT2D eigenvalue weighted by Gasteiger charge is 2.24. The number of hydrogen-bond acceptors (Lipinski definition) is 1. The molecule has 0 spiro atoms. The van der Waals surface area contributed by atoms with Gasteiger partial charge in [0.2, 0.25) is 0 Å². The summed E-state index contributed by atoms with van der Waals surface area (Å²) in [7, 11) is 0. The Hall–Kier alpha value is -0.510. The molecule has 1 nitrogen and oxygen atoms in total. The van der Waals surface area contributed by atoms with Gasteiger partial charge in [0.25, 0.3) is 0 Å². The van der Waals surface area contributed by atoms with Gasteiger partial charge in [-0.1, -0.05) is 59.3 Å². The second-order valence-electron chi connectivity index (χ2n) is 5.03. The minimum Gasteiger partial charge on any atom is -0.198 e. The fourth-order valence-corrected chi connectivity index (χ4v) is 2.54. The second kappa shape index (κ2) is 9.70. The molecule has 0 fully saturated rings. The number of rotatable bonds is 10. The zero-order valence-corrected chi connectivity index (χ0v) is 11.5. The van der Waals surface area contributed by atoms with E-state index in [2.05, 4.69) is 26.8 Å². The third-order valence-electron chi connectivity index (χ3n) is 4.06. The third kappa shape index (κ3) is 6.16. The molecule has 0 unspecified atom stereocenters. The molecule has 0 aliphatic rings. The summed E-state index contributed by atoms with van der Waals surface area (Å²) >= 11 is 0. The summed E-state index contributed by atoms with van der Waals surface area (Å²) in [4.78, 5) is 0. The van der Waals surface area contributed by atoms with Gasteiger partial charge in [0.05, 0.1) is 6.07 Å². The van der Waals surface area contributed by atoms with Crippen molar-refractivity contribution in [2.75, 3.05) is 0 Å². The predicted octanol–water partition coefficient (Wildman–Crippen LogP) is 5.46. The van der Waals surface area contributed by atoms with E-state index >= 15 is 0 Å². The van der Waals surface area contributed by atoms with Gasteiger partial charge in [-0.25, -0.2) is 0 Å². The number of nitrogens with zero attached hydrogens (tertiary/aromatic N) is 1. The molecule has 0 bridgehead atoms. The molecule has 1 heteroatoms. The van der Waals surface area contributed by atoms with Crippen LogP contribution < -0.4 is 0 Å². The lowest BCUT2D eigenvalue weighted by atomic mass is 9.74. The van der Waals surface area contributed by atoms with Gasteiger partial charge < -0.3 is 0 Å². The molecule has 0 aromatic carbocycles. The van der Waals surface area contributed by atoms with E-state index in [0.29, 0.717) is 5.41 Å². The van der Waals surface area contributed by atoms with Crippen LogP contribution >= 0.6 is 0 Å². The van der Waals surface area contributed by atoms with E-state index in [4.69, 9.17) is 5.26 Å². The van der Waals surface area contributed by atoms with Crippen molar-refractivity contribution in [2.45, 2.75) is 85.0 Å². The molecule has 0 aromatic rings. The van der Waals surface area contributed by atoms with Gasteiger partial charge in [-0.3, -0.25) is 0 Å².